The highest BCUT2D eigenvalue weighted by molar-refractivity contribution is 6.00. The molecular formula is C22H33N3O3. The molecule has 0 aromatic heterocycles. The van der Waals surface area contributed by atoms with Crippen molar-refractivity contribution in [3.05, 3.63) is 29.8 Å². The van der Waals surface area contributed by atoms with Gasteiger partial charge in [-0.25, -0.2) is 0 Å². The van der Waals surface area contributed by atoms with Gasteiger partial charge in [0.25, 0.3) is 5.91 Å². The van der Waals surface area contributed by atoms with Gasteiger partial charge in [-0.15, -0.1) is 0 Å². The lowest BCUT2D eigenvalue weighted by molar-refractivity contribution is -0.166. The summed E-state index contributed by atoms with van der Waals surface area (Å²) < 4.78 is 5.69. The van der Waals surface area contributed by atoms with E-state index in [2.05, 4.69) is 10.6 Å². The minimum atomic E-state index is -0.968. The molecule has 0 radical (unpaired) electrons. The van der Waals surface area contributed by atoms with E-state index in [1.54, 1.807) is 24.3 Å². The third-order valence-corrected chi connectivity index (χ3v) is 6.58. The van der Waals surface area contributed by atoms with Crippen LogP contribution in [0.25, 0.3) is 0 Å². The van der Waals surface area contributed by atoms with Crippen LogP contribution in [0.5, 0.6) is 0 Å². The van der Waals surface area contributed by atoms with Crippen molar-refractivity contribution in [2.45, 2.75) is 77.0 Å². The van der Waals surface area contributed by atoms with E-state index in [-0.39, 0.29) is 24.0 Å². The Balaban J connectivity index is 1.58. The second-order valence-electron chi connectivity index (χ2n) is 8.68. The summed E-state index contributed by atoms with van der Waals surface area (Å²) in [5.41, 5.74) is 6.25. The number of hydrogen-bond donors (Lipinski definition) is 3. The molecule has 4 N–H and O–H groups in total. The summed E-state index contributed by atoms with van der Waals surface area (Å²) in [6.45, 7) is 6.49. The second kappa shape index (κ2) is 8.21. The lowest BCUT2D eigenvalue weighted by Crippen LogP contribution is -2.74. The predicted molar refractivity (Wildman–Crippen MR) is 110 cm³/mol. The van der Waals surface area contributed by atoms with Crippen molar-refractivity contribution in [2.24, 2.45) is 11.1 Å². The van der Waals surface area contributed by atoms with Crippen LogP contribution in [-0.4, -0.2) is 36.1 Å². The van der Waals surface area contributed by atoms with E-state index < -0.39 is 11.0 Å². The molecule has 2 amide bonds. The molecule has 154 valence electrons. The highest BCUT2D eigenvalue weighted by Gasteiger charge is 2.62. The Bertz CT molecular complexity index is 710. The standard InChI is InChI=1S/C22H33N3O3/c1-4-28-18-14-22(23,21(18,2)3)20(27)25-17-12-10-15(11-13-17)19(26)24-16-8-6-5-7-9-16/h10-13,16,18H,4-9,14,23H2,1-3H3,(H,24,26)(H,25,27). The SMILES string of the molecule is CCOC1CC(N)(C(=O)Nc2ccc(C(=O)NC3CCCCC3)cc2)C1(C)C. The van der Waals surface area contributed by atoms with Crippen molar-refractivity contribution >= 4 is 17.5 Å². The van der Waals surface area contributed by atoms with Crippen LogP contribution in [0.2, 0.25) is 0 Å². The van der Waals surface area contributed by atoms with Crippen molar-refractivity contribution < 1.29 is 14.3 Å². The first-order chi connectivity index (χ1) is 13.3. The molecule has 1 aromatic carbocycles. The average molecular weight is 388 g/mol. The van der Waals surface area contributed by atoms with Crippen LogP contribution in [0.1, 0.15) is 69.7 Å². The summed E-state index contributed by atoms with van der Waals surface area (Å²) in [6, 6.07) is 7.26. The van der Waals surface area contributed by atoms with E-state index in [9.17, 15) is 9.59 Å². The molecule has 0 spiro atoms. The molecule has 6 heteroatoms. The van der Waals surface area contributed by atoms with Crippen LogP contribution in [-0.2, 0) is 9.53 Å². The number of rotatable bonds is 6. The van der Waals surface area contributed by atoms with Crippen molar-refractivity contribution in [3.63, 3.8) is 0 Å². The zero-order valence-corrected chi connectivity index (χ0v) is 17.2. The number of nitrogens with one attached hydrogen (secondary N) is 2. The molecule has 2 unspecified atom stereocenters. The summed E-state index contributed by atoms with van der Waals surface area (Å²) in [4.78, 5) is 25.2. The Kier molecular flexibility index (Phi) is 6.10. The molecule has 0 saturated heterocycles. The largest absolute Gasteiger partial charge is 0.378 e. The van der Waals surface area contributed by atoms with Gasteiger partial charge in [-0.2, -0.15) is 0 Å². The molecule has 0 heterocycles. The van der Waals surface area contributed by atoms with Gasteiger partial charge in [0, 0.05) is 35.7 Å². The second-order valence-corrected chi connectivity index (χ2v) is 8.68. The highest BCUT2D eigenvalue weighted by Crippen LogP contribution is 2.50. The molecular weight excluding hydrogens is 354 g/mol. The van der Waals surface area contributed by atoms with Crippen LogP contribution < -0.4 is 16.4 Å². The van der Waals surface area contributed by atoms with Gasteiger partial charge in [0.15, 0.2) is 0 Å². The number of carbonyl (C=O) groups is 2. The smallest absolute Gasteiger partial charge is 0.251 e. The number of anilines is 1. The summed E-state index contributed by atoms with van der Waals surface area (Å²) in [5, 5.41) is 6.00. The highest BCUT2D eigenvalue weighted by atomic mass is 16.5. The molecule has 0 aliphatic heterocycles. The number of hydrogen-bond acceptors (Lipinski definition) is 4. The first kappa shape index (κ1) is 20.8. The lowest BCUT2D eigenvalue weighted by atomic mass is 9.54. The third kappa shape index (κ3) is 3.94. The average Bonchev–Trinajstić information content (AvgIpc) is 2.69. The van der Waals surface area contributed by atoms with E-state index >= 15 is 0 Å². The summed E-state index contributed by atoms with van der Waals surface area (Å²) in [6.07, 6.45) is 6.20. The summed E-state index contributed by atoms with van der Waals surface area (Å²) in [7, 11) is 0. The van der Waals surface area contributed by atoms with Crippen molar-refractivity contribution in [3.8, 4) is 0 Å². The number of carbonyl (C=O) groups excluding carboxylic acids is 2. The quantitative estimate of drug-likeness (QED) is 0.699. The van der Waals surface area contributed by atoms with Crippen molar-refractivity contribution in [1.29, 1.82) is 0 Å². The maximum absolute atomic E-state index is 12.8. The molecule has 1 aromatic rings. The van der Waals surface area contributed by atoms with Crippen molar-refractivity contribution in [2.75, 3.05) is 11.9 Å². The zero-order valence-electron chi connectivity index (χ0n) is 17.2. The Morgan fingerprint density at radius 1 is 1.14 bits per heavy atom. The van der Waals surface area contributed by atoms with Gasteiger partial charge in [-0.05, 0) is 44.0 Å². The summed E-state index contributed by atoms with van der Waals surface area (Å²) in [5.74, 6) is -0.271. The Morgan fingerprint density at radius 3 is 2.36 bits per heavy atom. The van der Waals surface area contributed by atoms with Crippen LogP contribution in [0.3, 0.4) is 0 Å². The number of nitrogens with two attached hydrogens (primary N) is 1. The van der Waals surface area contributed by atoms with E-state index in [0.29, 0.717) is 24.3 Å². The maximum Gasteiger partial charge on any atom is 0.251 e. The first-order valence-electron chi connectivity index (χ1n) is 10.4. The third-order valence-electron chi connectivity index (χ3n) is 6.58. The van der Waals surface area contributed by atoms with Gasteiger partial charge < -0.3 is 21.1 Å². The van der Waals surface area contributed by atoms with Gasteiger partial charge in [0.1, 0.15) is 5.54 Å². The van der Waals surface area contributed by atoms with Gasteiger partial charge in [0.05, 0.1) is 6.10 Å². The number of ether oxygens (including phenoxy) is 1. The zero-order chi connectivity index (χ0) is 20.4. The molecule has 2 aliphatic rings. The molecule has 0 bridgehead atoms. The predicted octanol–water partition coefficient (Wildman–Crippen LogP) is 3.22. The normalized spacial score (nSPS) is 26.9. The maximum atomic E-state index is 12.8. The van der Waals surface area contributed by atoms with Crippen LogP contribution in [0.15, 0.2) is 24.3 Å². The fraction of sp³-hybridized carbons (Fsp3) is 0.636. The summed E-state index contributed by atoms with van der Waals surface area (Å²) >= 11 is 0. The topological polar surface area (TPSA) is 93.4 Å². The molecule has 28 heavy (non-hydrogen) atoms. The Morgan fingerprint density at radius 2 is 1.79 bits per heavy atom. The Hall–Kier alpha value is -1.92. The van der Waals surface area contributed by atoms with Crippen LogP contribution in [0, 0.1) is 5.41 Å². The van der Waals surface area contributed by atoms with Gasteiger partial charge in [-0.3, -0.25) is 9.59 Å². The van der Waals surface area contributed by atoms with E-state index in [1.165, 1.54) is 19.3 Å². The molecule has 2 atom stereocenters. The molecule has 2 aliphatic carbocycles. The minimum absolute atomic E-state index is 0.0147. The molecule has 6 nitrogen and oxygen atoms in total. The lowest BCUT2D eigenvalue weighted by Gasteiger charge is -2.57. The molecule has 2 saturated carbocycles. The fourth-order valence-electron chi connectivity index (χ4n) is 4.28. The number of benzene rings is 1. The van der Waals surface area contributed by atoms with E-state index in [4.69, 9.17) is 10.5 Å². The van der Waals surface area contributed by atoms with Crippen LogP contribution in [0.4, 0.5) is 5.69 Å². The van der Waals surface area contributed by atoms with Gasteiger partial charge >= 0.3 is 0 Å². The number of amides is 2. The minimum Gasteiger partial charge on any atom is -0.378 e. The first-order valence-corrected chi connectivity index (χ1v) is 10.4. The Labute approximate surface area is 167 Å². The fourth-order valence-corrected chi connectivity index (χ4v) is 4.28. The van der Waals surface area contributed by atoms with Gasteiger partial charge in [0.2, 0.25) is 5.91 Å². The van der Waals surface area contributed by atoms with E-state index in [0.717, 1.165) is 12.8 Å². The van der Waals surface area contributed by atoms with Gasteiger partial charge in [-0.1, -0.05) is 33.1 Å². The monoisotopic (exact) mass is 387 g/mol. The van der Waals surface area contributed by atoms with E-state index in [1.807, 2.05) is 20.8 Å². The van der Waals surface area contributed by atoms with Crippen LogP contribution >= 0.6 is 0 Å². The molecule has 2 fully saturated rings. The van der Waals surface area contributed by atoms with Crippen molar-refractivity contribution in [1.82, 2.24) is 5.32 Å². The molecule has 3 rings (SSSR count).